The van der Waals surface area contributed by atoms with Crippen LogP contribution in [0.2, 0.25) is 0 Å². The van der Waals surface area contributed by atoms with Gasteiger partial charge in [0.25, 0.3) is 10.0 Å². The molecule has 0 atom stereocenters. The molecule has 0 bridgehead atoms. The van der Waals surface area contributed by atoms with Crippen molar-refractivity contribution in [1.29, 1.82) is 0 Å². The van der Waals surface area contributed by atoms with E-state index in [1.165, 1.54) is 37.4 Å². The van der Waals surface area contributed by atoms with Crippen LogP contribution in [0.25, 0.3) is 10.9 Å². The van der Waals surface area contributed by atoms with Gasteiger partial charge in [-0.15, -0.1) is 10.2 Å². The molecule has 2 aromatic heterocycles. The van der Waals surface area contributed by atoms with Gasteiger partial charge in [0.2, 0.25) is 15.7 Å². The molecule has 0 amide bonds. The molecule has 4 rings (SSSR count). The predicted molar refractivity (Wildman–Crippen MR) is 105 cm³/mol. The van der Waals surface area contributed by atoms with E-state index < -0.39 is 24.9 Å². The highest BCUT2D eigenvalue weighted by Gasteiger charge is 2.32. The van der Waals surface area contributed by atoms with Gasteiger partial charge in [-0.3, -0.25) is 0 Å². The summed E-state index contributed by atoms with van der Waals surface area (Å²) in [5, 5.41) is 7.04. The first-order valence-electron chi connectivity index (χ1n) is 8.39. The molecule has 0 fully saturated rings. The Balaban J connectivity index is 2.02. The molecule has 0 aliphatic heterocycles. The molecule has 0 aliphatic rings. The molecular formula is C19H15N3O5S2. The number of para-hydroxylation sites is 1. The van der Waals surface area contributed by atoms with Crippen LogP contribution in [0, 0.1) is 0 Å². The van der Waals surface area contributed by atoms with Crippen LogP contribution in [0.15, 0.2) is 87.7 Å². The molecule has 29 heavy (non-hydrogen) atoms. The molecule has 0 saturated carbocycles. The summed E-state index contributed by atoms with van der Waals surface area (Å²) < 4.78 is 59.0. The van der Waals surface area contributed by atoms with E-state index in [0.29, 0.717) is 5.39 Å². The number of fused-ring (bicyclic) bond motifs is 1. The third kappa shape index (κ3) is 3.15. The van der Waals surface area contributed by atoms with Gasteiger partial charge in [-0.05, 0) is 30.3 Å². The second-order valence-electron chi connectivity index (χ2n) is 6.04. The third-order valence-electron chi connectivity index (χ3n) is 4.29. The summed E-state index contributed by atoms with van der Waals surface area (Å²) in [6, 6.07) is 18.1. The van der Waals surface area contributed by atoms with Crippen LogP contribution >= 0.6 is 0 Å². The molecule has 0 unspecified atom stereocenters. The lowest BCUT2D eigenvalue weighted by Gasteiger charge is -2.12. The van der Waals surface area contributed by atoms with E-state index in [-0.39, 0.29) is 21.3 Å². The average molecular weight is 429 g/mol. The number of benzene rings is 2. The first kappa shape index (κ1) is 19.1. The SMILES string of the molecule is COc1ccc(S(=O)(=O)c2cc3ccccc3n2S(=O)(=O)c2ccccc2)nn1. The lowest BCUT2D eigenvalue weighted by Crippen LogP contribution is -2.19. The molecule has 2 heterocycles. The normalized spacial score (nSPS) is 12.2. The van der Waals surface area contributed by atoms with Crippen LogP contribution in [0.4, 0.5) is 0 Å². The Morgan fingerprint density at radius 2 is 1.52 bits per heavy atom. The largest absolute Gasteiger partial charge is 0.480 e. The van der Waals surface area contributed by atoms with Crippen LogP contribution in [0.3, 0.4) is 0 Å². The van der Waals surface area contributed by atoms with E-state index in [0.717, 1.165) is 3.97 Å². The maximum Gasteiger partial charge on any atom is 0.269 e. The van der Waals surface area contributed by atoms with E-state index in [4.69, 9.17) is 4.74 Å². The smallest absolute Gasteiger partial charge is 0.269 e. The number of nitrogens with zero attached hydrogens (tertiary/aromatic N) is 3. The summed E-state index contributed by atoms with van der Waals surface area (Å²) in [7, 11) is -7.11. The number of sulfone groups is 1. The third-order valence-corrected chi connectivity index (χ3v) is 7.77. The molecule has 0 saturated heterocycles. The van der Waals surface area contributed by atoms with Gasteiger partial charge < -0.3 is 4.74 Å². The van der Waals surface area contributed by atoms with Crippen LogP contribution in [-0.2, 0) is 19.9 Å². The van der Waals surface area contributed by atoms with Crippen molar-refractivity contribution in [2.75, 3.05) is 7.11 Å². The standard InChI is InChI=1S/C19H15N3O5S2/c1-27-17-11-12-18(21-20-17)28(23,24)19-13-14-7-5-6-10-16(14)22(19)29(25,26)15-8-3-2-4-9-15/h2-13H,1H3. The van der Waals surface area contributed by atoms with Crippen molar-refractivity contribution >= 4 is 30.8 Å². The van der Waals surface area contributed by atoms with Crippen molar-refractivity contribution in [2.24, 2.45) is 0 Å². The lowest BCUT2D eigenvalue weighted by atomic mass is 10.3. The maximum absolute atomic E-state index is 13.4. The van der Waals surface area contributed by atoms with Gasteiger partial charge in [0.1, 0.15) is 0 Å². The van der Waals surface area contributed by atoms with Crippen molar-refractivity contribution in [1.82, 2.24) is 14.2 Å². The Bertz CT molecular complexity index is 1400. The molecule has 2 aromatic carbocycles. The molecule has 4 aromatic rings. The van der Waals surface area contributed by atoms with Gasteiger partial charge in [0, 0.05) is 11.5 Å². The molecule has 148 valence electrons. The van der Waals surface area contributed by atoms with E-state index >= 15 is 0 Å². The van der Waals surface area contributed by atoms with Gasteiger partial charge in [-0.25, -0.2) is 20.8 Å². The first-order chi connectivity index (χ1) is 13.9. The molecule has 8 nitrogen and oxygen atoms in total. The Hall–Kier alpha value is -3.24. The van der Waals surface area contributed by atoms with Crippen molar-refractivity contribution in [3.63, 3.8) is 0 Å². The number of hydrogen-bond donors (Lipinski definition) is 0. The minimum atomic E-state index is -4.29. The van der Waals surface area contributed by atoms with Gasteiger partial charge in [-0.2, -0.15) is 0 Å². The minimum absolute atomic E-state index is 0.0291. The van der Waals surface area contributed by atoms with Gasteiger partial charge in [0.15, 0.2) is 10.1 Å². The van der Waals surface area contributed by atoms with E-state index in [9.17, 15) is 16.8 Å². The lowest BCUT2D eigenvalue weighted by molar-refractivity contribution is 0.389. The number of aromatic nitrogens is 3. The van der Waals surface area contributed by atoms with Crippen molar-refractivity contribution in [3.8, 4) is 5.88 Å². The van der Waals surface area contributed by atoms with E-state index in [2.05, 4.69) is 10.2 Å². The van der Waals surface area contributed by atoms with Crippen LogP contribution < -0.4 is 4.74 Å². The summed E-state index contributed by atoms with van der Waals surface area (Å²) in [5.74, 6) is 0.140. The fourth-order valence-electron chi connectivity index (χ4n) is 2.90. The fraction of sp³-hybridized carbons (Fsp3) is 0.0526. The molecule has 0 spiro atoms. The highest BCUT2D eigenvalue weighted by Crippen LogP contribution is 2.31. The van der Waals surface area contributed by atoms with Gasteiger partial charge in [-0.1, -0.05) is 36.4 Å². The number of hydrogen-bond acceptors (Lipinski definition) is 7. The minimum Gasteiger partial charge on any atom is -0.480 e. The first-order valence-corrected chi connectivity index (χ1v) is 11.3. The summed E-state index contributed by atoms with van der Waals surface area (Å²) >= 11 is 0. The van der Waals surface area contributed by atoms with E-state index in [1.54, 1.807) is 42.5 Å². The Kier molecular flexibility index (Phi) is 4.59. The highest BCUT2D eigenvalue weighted by molar-refractivity contribution is 7.93. The average Bonchev–Trinajstić information content (AvgIpc) is 3.16. The van der Waals surface area contributed by atoms with Crippen LogP contribution in [0.1, 0.15) is 0 Å². The topological polar surface area (TPSA) is 108 Å². The molecule has 0 N–H and O–H groups in total. The Morgan fingerprint density at radius 1 is 0.828 bits per heavy atom. The number of rotatable bonds is 5. The van der Waals surface area contributed by atoms with E-state index in [1.807, 2.05) is 0 Å². The summed E-state index contributed by atoms with van der Waals surface area (Å²) in [5.41, 5.74) is 0.247. The predicted octanol–water partition coefficient (Wildman–Crippen LogP) is 2.51. The van der Waals surface area contributed by atoms with Crippen molar-refractivity contribution < 1.29 is 21.6 Å². The number of ether oxygens (including phenoxy) is 1. The molecule has 0 aliphatic carbocycles. The van der Waals surface area contributed by atoms with Gasteiger partial charge in [0.05, 0.1) is 17.5 Å². The van der Waals surface area contributed by atoms with Crippen molar-refractivity contribution in [2.45, 2.75) is 14.9 Å². The zero-order valence-corrected chi connectivity index (χ0v) is 16.8. The van der Waals surface area contributed by atoms with Gasteiger partial charge >= 0.3 is 0 Å². The Labute approximate surface area is 167 Å². The number of methoxy groups -OCH3 is 1. The molecular weight excluding hydrogens is 414 g/mol. The second kappa shape index (κ2) is 6.98. The highest BCUT2D eigenvalue weighted by atomic mass is 32.2. The van der Waals surface area contributed by atoms with Crippen molar-refractivity contribution in [3.05, 3.63) is 72.8 Å². The maximum atomic E-state index is 13.4. The zero-order valence-electron chi connectivity index (χ0n) is 15.1. The summed E-state index contributed by atoms with van der Waals surface area (Å²) in [6.45, 7) is 0. The molecule has 0 radical (unpaired) electrons. The summed E-state index contributed by atoms with van der Waals surface area (Å²) in [4.78, 5) is -0.0291. The van der Waals surface area contributed by atoms with Crippen LogP contribution in [0.5, 0.6) is 5.88 Å². The second-order valence-corrected chi connectivity index (χ2v) is 9.67. The fourth-order valence-corrected chi connectivity index (χ4v) is 6.13. The zero-order chi connectivity index (χ0) is 20.6. The van der Waals surface area contributed by atoms with Crippen LogP contribution in [-0.4, -0.2) is 38.1 Å². The molecule has 10 heteroatoms. The Morgan fingerprint density at radius 3 is 2.17 bits per heavy atom. The quantitative estimate of drug-likeness (QED) is 0.480. The summed E-state index contributed by atoms with van der Waals surface area (Å²) in [6.07, 6.45) is 0. The monoisotopic (exact) mass is 429 g/mol.